The first-order chi connectivity index (χ1) is 10.3. The first-order valence-corrected chi connectivity index (χ1v) is 6.94. The van der Waals surface area contributed by atoms with Gasteiger partial charge in [-0.25, -0.2) is 0 Å². The van der Waals surface area contributed by atoms with Crippen molar-refractivity contribution in [2.45, 2.75) is 19.6 Å². The van der Waals surface area contributed by atoms with Gasteiger partial charge >= 0.3 is 0 Å². The molecule has 0 atom stereocenters. The number of benzene rings is 1. The maximum absolute atomic E-state index is 12.4. The lowest BCUT2D eigenvalue weighted by molar-refractivity contribution is 0.102. The molecular formula is C15H18N4O2. The fraction of sp³-hybridized carbons (Fsp3) is 0.333. The Morgan fingerprint density at radius 3 is 3.24 bits per heavy atom. The van der Waals surface area contributed by atoms with Crippen LogP contribution in [0.5, 0.6) is 0 Å². The third-order valence-corrected chi connectivity index (χ3v) is 3.52. The van der Waals surface area contributed by atoms with Crippen LogP contribution in [0.15, 0.2) is 24.3 Å². The maximum Gasteiger partial charge on any atom is 0.276 e. The number of anilines is 1. The molecule has 110 valence electrons. The summed E-state index contributed by atoms with van der Waals surface area (Å²) in [7, 11) is 1.65. The lowest BCUT2D eigenvalue weighted by Crippen LogP contribution is -2.25. The molecule has 1 amide bonds. The second-order valence-electron chi connectivity index (χ2n) is 5.04. The van der Waals surface area contributed by atoms with Crippen LogP contribution < -0.4 is 10.6 Å². The van der Waals surface area contributed by atoms with Crippen molar-refractivity contribution < 1.29 is 9.53 Å². The molecule has 6 heteroatoms. The molecule has 21 heavy (non-hydrogen) atoms. The first kappa shape index (κ1) is 13.8. The highest BCUT2D eigenvalue weighted by atomic mass is 16.5. The van der Waals surface area contributed by atoms with Gasteiger partial charge in [-0.15, -0.1) is 0 Å². The molecule has 0 fully saturated rings. The number of amides is 1. The van der Waals surface area contributed by atoms with Crippen molar-refractivity contribution in [1.29, 1.82) is 0 Å². The molecule has 1 aliphatic rings. The van der Waals surface area contributed by atoms with Crippen LogP contribution in [0.1, 0.15) is 27.3 Å². The van der Waals surface area contributed by atoms with E-state index < -0.39 is 0 Å². The van der Waals surface area contributed by atoms with Crippen LogP contribution in [0.3, 0.4) is 0 Å². The third kappa shape index (κ3) is 2.96. The van der Waals surface area contributed by atoms with E-state index in [1.807, 2.05) is 24.3 Å². The zero-order valence-electron chi connectivity index (χ0n) is 11.9. The minimum Gasteiger partial charge on any atom is -0.380 e. The minimum absolute atomic E-state index is 0.189. The lowest BCUT2D eigenvalue weighted by Gasteiger charge is -2.13. The Bertz CT molecular complexity index is 651. The molecule has 0 bridgehead atoms. The Morgan fingerprint density at radius 1 is 1.48 bits per heavy atom. The smallest absolute Gasteiger partial charge is 0.276 e. The fourth-order valence-electron chi connectivity index (χ4n) is 2.51. The number of nitrogens with one attached hydrogen (secondary N) is 3. The highest BCUT2D eigenvalue weighted by molar-refractivity contribution is 6.04. The van der Waals surface area contributed by atoms with Gasteiger partial charge in [0.25, 0.3) is 5.91 Å². The van der Waals surface area contributed by atoms with Gasteiger partial charge in [0.2, 0.25) is 0 Å². The Kier molecular flexibility index (Phi) is 3.98. The number of carbonyl (C=O) groups is 1. The van der Waals surface area contributed by atoms with E-state index in [1.165, 1.54) is 0 Å². The van der Waals surface area contributed by atoms with Crippen LogP contribution in [-0.4, -0.2) is 29.8 Å². The fourth-order valence-corrected chi connectivity index (χ4v) is 2.51. The van der Waals surface area contributed by atoms with E-state index >= 15 is 0 Å². The van der Waals surface area contributed by atoms with Gasteiger partial charge in [0.1, 0.15) is 0 Å². The zero-order chi connectivity index (χ0) is 14.7. The van der Waals surface area contributed by atoms with Gasteiger partial charge in [-0.3, -0.25) is 9.89 Å². The average molecular weight is 286 g/mol. The van der Waals surface area contributed by atoms with E-state index in [0.717, 1.165) is 35.5 Å². The summed E-state index contributed by atoms with van der Waals surface area (Å²) in [6, 6.07) is 7.61. The zero-order valence-corrected chi connectivity index (χ0v) is 11.9. The summed E-state index contributed by atoms with van der Waals surface area (Å²) >= 11 is 0. The van der Waals surface area contributed by atoms with Gasteiger partial charge in [-0.2, -0.15) is 5.10 Å². The molecule has 1 aliphatic heterocycles. The number of aromatic amines is 1. The van der Waals surface area contributed by atoms with Gasteiger partial charge < -0.3 is 15.4 Å². The Labute approximate surface area is 122 Å². The maximum atomic E-state index is 12.4. The van der Waals surface area contributed by atoms with Crippen molar-refractivity contribution in [3.8, 4) is 0 Å². The van der Waals surface area contributed by atoms with E-state index in [9.17, 15) is 4.79 Å². The largest absolute Gasteiger partial charge is 0.380 e. The van der Waals surface area contributed by atoms with Crippen LogP contribution in [0.4, 0.5) is 5.69 Å². The van der Waals surface area contributed by atoms with Crippen molar-refractivity contribution in [2.75, 3.05) is 19.0 Å². The molecule has 3 N–H and O–H groups in total. The molecule has 0 saturated carbocycles. The minimum atomic E-state index is -0.189. The normalized spacial score (nSPS) is 13.8. The Balaban J connectivity index is 1.77. The van der Waals surface area contributed by atoms with Crippen molar-refractivity contribution in [3.63, 3.8) is 0 Å². The molecule has 0 saturated heterocycles. The molecule has 1 aromatic carbocycles. The van der Waals surface area contributed by atoms with Crippen molar-refractivity contribution in [2.24, 2.45) is 0 Å². The predicted octanol–water partition coefficient (Wildman–Crippen LogP) is 1.45. The molecule has 1 aromatic heterocycles. The van der Waals surface area contributed by atoms with Gasteiger partial charge in [-0.05, 0) is 17.7 Å². The highest BCUT2D eigenvalue weighted by Crippen LogP contribution is 2.18. The second-order valence-corrected chi connectivity index (χ2v) is 5.04. The van der Waals surface area contributed by atoms with E-state index in [4.69, 9.17) is 4.74 Å². The molecule has 3 rings (SSSR count). The van der Waals surface area contributed by atoms with Gasteiger partial charge in [0.15, 0.2) is 5.69 Å². The molecular weight excluding hydrogens is 268 g/mol. The number of nitrogens with zero attached hydrogens (tertiary/aromatic N) is 1. The van der Waals surface area contributed by atoms with Crippen molar-refractivity contribution in [3.05, 3.63) is 46.8 Å². The average Bonchev–Trinajstić information content (AvgIpc) is 2.92. The van der Waals surface area contributed by atoms with Gasteiger partial charge in [-0.1, -0.05) is 12.1 Å². The monoisotopic (exact) mass is 286 g/mol. The Hall–Kier alpha value is -2.18. The number of rotatable bonds is 4. The molecule has 2 aromatic rings. The number of hydrogen-bond donors (Lipinski definition) is 3. The summed E-state index contributed by atoms with van der Waals surface area (Å²) in [5, 5.41) is 13.2. The number of carbonyl (C=O) groups excluding carboxylic acids is 1. The highest BCUT2D eigenvalue weighted by Gasteiger charge is 2.21. The van der Waals surface area contributed by atoms with E-state index in [-0.39, 0.29) is 5.91 Å². The van der Waals surface area contributed by atoms with Crippen LogP contribution in [0, 0.1) is 0 Å². The summed E-state index contributed by atoms with van der Waals surface area (Å²) in [5.41, 5.74) is 4.24. The molecule has 6 nitrogen and oxygen atoms in total. The first-order valence-electron chi connectivity index (χ1n) is 6.94. The van der Waals surface area contributed by atoms with E-state index in [0.29, 0.717) is 18.8 Å². The summed E-state index contributed by atoms with van der Waals surface area (Å²) in [4.78, 5) is 12.4. The molecule has 0 radical (unpaired) electrons. The number of aromatic nitrogens is 2. The predicted molar refractivity (Wildman–Crippen MR) is 79.1 cm³/mol. The molecule has 0 spiro atoms. The second kappa shape index (κ2) is 6.07. The number of H-pyrrole nitrogens is 1. The molecule has 0 unspecified atom stereocenters. The summed E-state index contributed by atoms with van der Waals surface area (Å²) in [5.74, 6) is -0.189. The number of hydrogen-bond acceptors (Lipinski definition) is 4. The standard InChI is InChI=1S/C15H18N4O2/c1-21-9-10-3-2-4-11(7-10)17-15(20)14-12-8-16-6-5-13(12)18-19-14/h2-4,7,16H,5-6,8-9H2,1H3,(H,17,20)(H,18,19). The van der Waals surface area contributed by atoms with Crippen molar-refractivity contribution >= 4 is 11.6 Å². The van der Waals surface area contributed by atoms with Crippen LogP contribution >= 0.6 is 0 Å². The lowest BCUT2D eigenvalue weighted by atomic mass is 10.1. The van der Waals surface area contributed by atoms with Crippen LogP contribution in [0.2, 0.25) is 0 Å². The number of ether oxygens (including phenoxy) is 1. The van der Waals surface area contributed by atoms with Gasteiger partial charge in [0.05, 0.1) is 6.61 Å². The van der Waals surface area contributed by atoms with Crippen LogP contribution in [-0.2, 0) is 24.3 Å². The summed E-state index contributed by atoms with van der Waals surface area (Å²) < 4.78 is 5.10. The van der Waals surface area contributed by atoms with Crippen LogP contribution in [0.25, 0.3) is 0 Å². The van der Waals surface area contributed by atoms with Crippen molar-refractivity contribution in [1.82, 2.24) is 15.5 Å². The van der Waals surface area contributed by atoms with E-state index in [1.54, 1.807) is 7.11 Å². The van der Waals surface area contributed by atoms with E-state index in [2.05, 4.69) is 20.8 Å². The molecule has 2 heterocycles. The summed E-state index contributed by atoms with van der Waals surface area (Å²) in [6.45, 7) is 2.11. The molecule has 0 aliphatic carbocycles. The SMILES string of the molecule is COCc1cccc(NC(=O)c2n[nH]c3c2CNCC3)c1. The summed E-state index contributed by atoms with van der Waals surface area (Å²) in [6.07, 6.45) is 0.874. The number of methoxy groups -OCH3 is 1. The third-order valence-electron chi connectivity index (χ3n) is 3.52. The van der Waals surface area contributed by atoms with Gasteiger partial charge in [0, 0.05) is 43.6 Å². The number of fused-ring (bicyclic) bond motifs is 1. The quantitative estimate of drug-likeness (QED) is 0.795. The Morgan fingerprint density at radius 2 is 2.38 bits per heavy atom. The topological polar surface area (TPSA) is 79.0 Å².